The number of alkyl halides is 4. The van der Waals surface area contributed by atoms with E-state index in [0.29, 0.717) is 37.1 Å². The van der Waals surface area contributed by atoms with Gasteiger partial charge in [-0.3, -0.25) is 4.90 Å². The van der Waals surface area contributed by atoms with Crippen molar-refractivity contribution in [3.05, 3.63) is 53.2 Å². The first-order valence-electron chi connectivity index (χ1n) is 15.6. The fourth-order valence-electron chi connectivity index (χ4n) is 7.83. The number of thiophene rings is 1. The van der Waals surface area contributed by atoms with Gasteiger partial charge in [-0.05, 0) is 49.9 Å². The molecule has 3 fully saturated rings. The highest BCUT2D eigenvalue weighted by molar-refractivity contribution is 7.23. The highest BCUT2D eigenvalue weighted by Gasteiger charge is 2.49. The Labute approximate surface area is 274 Å². The molecule has 0 aliphatic carbocycles. The van der Waals surface area contributed by atoms with Crippen LogP contribution in [0.3, 0.4) is 0 Å². The topological polar surface area (TPSA) is 101 Å². The number of aromatic nitrogens is 2. The first-order valence-corrected chi connectivity index (χ1v) is 16.4. The summed E-state index contributed by atoms with van der Waals surface area (Å²) in [5.74, 6) is -2.16. The molecule has 0 spiro atoms. The summed E-state index contributed by atoms with van der Waals surface area (Å²) >= 11 is 0.694. The van der Waals surface area contributed by atoms with E-state index < -0.39 is 46.2 Å². The van der Waals surface area contributed by atoms with E-state index >= 15 is 4.39 Å². The molecule has 0 radical (unpaired) electrons. The van der Waals surface area contributed by atoms with E-state index in [-0.39, 0.29) is 81.8 Å². The Bertz CT molecular complexity index is 2050. The van der Waals surface area contributed by atoms with Crippen LogP contribution in [0.1, 0.15) is 43.2 Å². The van der Waals surface area contributed by atoms with Gasteiger partial charge in [0.15, 0.2) is 5.82 Å². The molecule has 2 N–H and O–H groups in total. The predicted octanol–water partition coefficient (Wildman–Crippen LogP) is 7.10. The summed E-state index contributed by atoms with van der Waals surface area (Å²) in [6.45, 7) is 1.27. The second-order valence-corrected chi connectivity index (χ2v) is 13.9. The number of fused-ring (bicyclic) bond motifs is 5. The molecule has 4 atom stereocenters. The maximum Gasteiger partial charge on any atom is 0.417 e. The number of halogens is 6. The molecule has 4 aromatic rings. The van der Waals surface area contributed by atoms with E-state index in [9.17, 15) is 27.2 Å². The van der Waals surface area contributed by atoms with E-state index in [0.717, 1.165) is 24.6 Å². The lowest BCUT2D eigenvalue weighted by Gasteiger charge is -2.31. The summed E-state index contributed by atoms with van der Waals surface area (Å²) < 4.78 is 103. The Balaban J connectivity index is 1.37. The van der Waals surface area contributed by atoms with Crippen molar-refractivity contribution < 1.29 is 35.8 Å². The normalized spacial score (nSPS) is 25.6. The third-order valence-corrected chi connectivity index (χ3v) is 11.0. The number of ether oxygens (including phenoxy) is 2. The van der Waals surface area contributed by atoms with Crippen LogP contribution < -0.4 is 15.4 Å². The lowest BCUT2D eigenvalue weighted by Crippen LogP contribution is -2.43. The molecule has 250 valence electrons. The van der Waals surface area contributed by atoms with E-state index in [1.165, 1.54) is 0 Å². The van der Waals surface area contributed by atoms with Gasteiger partial charge in [0, 0.05) is 35.5 Å². The van der Waals surface area contributed by atoms with Crippen molar-refractivity contribution >= 4 is 43.1 Å². The van der Waals surface area contributed by atoms with Gasteiger partial charge in [-0.1, -0.05) is 12.1 Å². The van der Waals surface area contributed by atoms with E-state index in [1.54, 1.807) is 11.1 Å². The average molecular weight is 687 g/mol. The van der Waals surface area contributed by atoms with Gasteiger partial charge >= 0.3 is 12.2 Å². The lowest BCUT2D eigenvalue weighted by atomic mass is 9.92. The molecule has 6 heterocycles. The smallest absolute Gasteiger partial charge is 0.417 e. The zero-order valence-electron chi connectivity index (χ0n) is 25.3. The number of anilines is 2. The van der Waals surface area contributed by atoms with Crippen molar-refractivity contribution in [2.75, 3.05) is 36.9 Å². The predicted molar refractivity (Wildman–Crippen MR) is 167 cm³/mol. The van der Waals surface area contributed by atoms with Crippen LogP contribution in [0.4, 0.5) is 37.2 Å². The Morgan fingerprint density at radius 1 is 1.23 bits per heavy atom. The average Bonchev–Trinajstić information content (AvgIpc) is 3.77. The lowest BCUT2D eigenvalue weighted by molar-refractivity contribution is -0.137. The Hall–Kier alpha value is -4.13. The van der Waals surface area contributed by atoms with Crippen LogP contribution in [0.2, 0.25) is 0 Å². The van der Waals surface area contributed by atoms with Gasteiger partial charge in [0.1, 0.15) is 41.0 Å². The first-order chi connectivity index (χ1) is 23.0. The highest BCUT2D eigenvalue weighted by Crippen LogP contribution is 2.49. The Morgan fingerprint density at radius 2 is 2.06 bits per heavy atom. The quantitative estimate of drug-likeness (QED) is 0.222. The van der Waals surface area contributed by atoms with Gasteiger partial charge < -0.3 is 20.1 Å². The minimum absolute atomic E-state index is 0.00402. The van der Waals surface area contributed by atoms with Crippen molar-refractivity contribution in [2.24, 2.45) is 0 Å². The van der Waals surface area contributed by atoms with Gasteiger partial charge in [-0.25, -0.2) is 13.2 Å². The number of benzene rings is 2. The molecule has 2 bridgehead atoms. The molecule has 8 nitrogen and oxygen atoms in total. The number of nitrogens with two attached hydrogens (primary N) is 1. The minimum Gasteiger partial charge on any atom is -0.461 e. The van der Waals surface area contributed by atoms with Gasteiger partial charge in [0.2, 0.25) is 0 Å². The summed E-state index contributed by atoms with van der Waals surface area (Å²) in [6, 6.07) is 3.97. The maximum absolute atomic E-state index is 17.0. The molecule has 2 aromatic heterocycles. The number of nitrogen functional groups attached to an aromatic ring is 1. The van der Waals surface area contributed by atoms with E-state index in [1.807, 2.05) is 17.0 Å². The van der Waals surface area contributed by atoms with Crippen LogP contribution in [0.25, 0.3) is 32.1 Å². The molecule has 48 heavy (non-hydrogen) atoms. The summed E-state index contributed by atoms with van der Waals surface area (Å²) in [6.07, 6.45) is 0.274. The molecular weight excluding hydrogens is 658 g/mol. The van der Waals surface area contributed by atoms with Gasteiger partial charge in [-0.15, -0.1) is 11.3 Å². The molecule has 4 aliphatic rings. The fraction of sp³-hybridized carbons (Fsp3) is 0.424. The molecule has 4 unspecified atom stereocenters. The standard InChI is InChI=1S/C33H28F6N6O2S/c34-16-11-32(6-2-7-44(32)13-16)15-47-31-42-27-20(30(43-31)45-8-1-3-18-9-17(45)14-46-18)10-22(33(37,38)39)25(26(27)36)19-4-5-23(35)28-24(19)21(12-40)29(41)48-28/h1,4-5,8,10,16-18H,2-3,6-7,9,11,13-15,41H2. The molecule has 2 aromatic carbocycles. The van der Waals surface area contributed by atoms with Crippen molar-refractivity contribution in [3.63, 3.8) is 0 Å². The van der Waals surface area contributed by atoms with E-state index in [2.05, 4.69) is 9.97 Å². The van der Waals surface area contributed by atoms with Crippen LogP contribution in [0, 0.1) is 23.0 Å². The van der Waals surface area contributed by atoms with Crippen molar-refractivity contribution in [2.45, 2.75) is 62.1 Å². The van der Waals surface area contributed by atoms with Crippen molar-refractivity contribution in [3.8, 4) is 23.2 Å². The van der Waals surface area contributed by atoms with Crippen molar-refractivity contribution in [1.82, 2.24) is 14.9 Å². The third kappa shape index (κ3) is 4.87. The Kier molecular flexibility index (Phi) is 7.28. The number of hydrogen-bond donors (Lipinski definition) is 1. The summed E-state index contributed by atoms with van der Waals surface area (Å²) in [4.78, 5) is 12.6. The molecule has 15 heteroatoms. The minimum atomic E-state index is -5.08. The maximum atomic E-state index is 17.0. The van der Waals surface area contributed by atoms with Gasteiger partial charge in [-0.2, -0.15) is 28.4 Å². The van der Waals surface area contributed by atoms with Gasteiger partial charge in [0.25, 0.3) is 0 Å². The van der Waals surface area contributed by atoms with E-state index in [4.69, 9.17) is 15.2 Å². The third-order valence-electron chi connectivity index (χ3n) is 9.99. The zero-order chi connectivity index (χ0) is 33.5. The monoisotopic (exact) mass is 686 g/mol. The number of hydrogen-bond acceptors (Lipinski definition) is 9. The number of nitriles is 1. The molecule has 8 rings (SSSR count). The van der Waals surface area contributed by atoms with Crippen LogP contribution in [0.15, 0.2) is 30.5 Å². The van der Waals surface area contributed by atoms with Crippen LogP contribution in [-0.2, 0) is 10.9 Å². The molecule has 0 saturated carbocycles. The summed E-state index contributed by atoms with van der Waals surface area (Å²) in [5.41, 5.74) is 2.04. The molecular formula is C33H28F6N6O2S. The number of rotatable bonds is 5. The van der Waals surface area contributed by atoms with Crippen LogP contribution >= 0.6 is 11.3 Å². The summed E-state index contributed by atoms with van der Waals surface area (Å²) in [5, 5.41) is 9.26. The van der Waals surface area contributed by atoms with Gasteiger partial charge in [0.05, 0.1) is 40.1 Å². The molecule has 0 amide bonds. The SMILES string of the molecule is N#Cc1c(N)sc2c(F)ccc(-c3c(C(F)(F)F)cc4c(N5C=CCC6CC5CO6)nc(OCC56CCCN5CC(F)C6)nc4c3F)c12. The molecule has 3 saturated heterocycles. The van der Waals surface area contributed by atoms with Crippen LogP contribution in [-0.4, -0.2) is 65.0 Å². The second kappa shape index (κ2) is 11.2. The second-order valence-electron chi connectivity index (χ2n) is 12.8. The molecule has 4 aliphatic heterocycles. The largest absolute Gasteiger partial charge is 0.461 e. The van der Waals surface area contributed by atoms with Crippen LogP contribution in [0.5, 0.6) is 6.01 Å². The Morgan fingerprint density at radius 3 is 2.85 bits per heavy atom. The number of nitrogens with zero attached hydrogens (tertiary/aromatic N) is 5. The highest BCUT2D eigenvalue weighted by atomic mass is 32.1. The van der Waals surface area contributed by atoms with Crippen molar-refractivity contribution in [1.29, 1.82) is 5.26 Å². The fourth-order valence-corrected chi connectivity index (χ4v) is 8.78. The summed E-state index contributed by atoms with van der Waals surface area (Å²) in [7, 11) is 0. The zero-order valence-corrected chi connectivity index (χ0v) is 26.1. The first kappa shape index (κ1) is 31.2.